The van der Waals surface area contributed by atoms with Crippen molar-refractivity contribution in [1.82, 2.24) is 30.5 Å². The summed E-state index contributed by atoms with van der Waals surface area (Å²) in [5, 5.41) is 15.5. The maximum Gasteiger partial charge on any atom is 0.253 e. The monoisotopic (exact) mass is 399 g/mol. The molecule has 1 aromatic carbocycles. The van der Waals surface area contributed by atoms with E-state index in [0.29, 0.717) is 22.6 Å². The largest absolute Gasteiger partial charge is 0.493 e. The molecular weight excluding hydrogens is 374 g/mol. The molecule has 3 aromatic rings. The summed E-state index contributed by atoms with van der Waals surface area (Å²) in [5.41, 5.74) is 1.18. The molecule has 1 saturated heterocycles. The third-order valence-corrected chi connectivity index (χ3v) is 5.17. The number of nitrogens with zero attached hydrogens (tertiary/aromatic N) is 6. The second-order valence-corrected chi connectivity index (χ2v) is 6.93. The fourth-order valence-corrected chi connectivity index (χ4v) is 3.62. The van der Waals surface area contributed by atoms with Gasteiger partial charge in [0.1, 0.15) is 5.52 Å². The second kappa shape index (κ2) is 7.90. The van der Waals surface area contributed by atoms with Crippen LogP contribution in [0.25, 0.3) is 10.9 Å². The topological polar surface area (TPSA) is 107 Å². The number of piperidine rings is 1. The molecule has 1 aliphatic heterocycles. The Bertz CT molecular complexity index is 1030. The van der Waals surface area contributed by atoms with Crippen LogP contribution in [-0.2, 0) is 7.05 Å². The number of anilines is 1. The molecule has 1 amide bonds. The zero-order valence-electron chi connectivity index (χ0n) is 16.6. The standard InChI is InChI=1S/C19H23N7O3.H2/c1-25-19(22-23-24-25)26-8-6-14(7-9-26)21-18(27)13-10-12-4-5-15(28-2)17(29-3)16(12)20-11-13;/h4-5,10-11,14H,6-9H2,1-3H3,(H,21,27);1H. The molecule has 0 radical (unpaired) electrons. The first-order chi connectivity index (χ1) is 14.1. The number of hydrogen-bond donors (Lipinski definition) is 1. The number of carbonyl (C=O) groups is 1. The van der Waals surface area contributed by atoms with E-state index in [1.807, 2.05) is 25.2 Å². The Kier molecular flexibility index (Phi) is 5.15. The van der Waals surface area contributed by atoms with Crippen LogP contribution < -0.4 is 19.7 Å². The Morgan fingerprint density at radius 1 is 1.24 bits per heavy atom. The lowest BCUT2D eigenvalue weighted by Crippen LogP contribution is -2.45. The van der Waals surface area contributed by atoms with Crippen LogP contribution in [0, 0.1) is 0 Å². The Morgan fingerprint density at radius 3 is 2.69 bits per heavy atom. The molecule has 1 aliphatic rings. The van der Waals surface area contributed by atoms with Crippen LogP contribution in [0.4, 0.5) is 5.95 Å². The van der Waals surface area contributed by atoms with E-state index < -0.39 is 0 Å². The number of rotatable bonds is 5. The number of hydrogen-bond acceptors (Lipinski definition) is 8. The summed E-state index contributed by atoms with van der Waals surface area (Å²) in [5.74, 6) is 1.78. The van der Waals surface area contributed by atoms with E-state index in [0.717, 1.165) is 37.3 Å². The van der Waals surface area contributed by atoms with Gasteiger partial charge in [-0.3, -0.25) is 9.78 Å². The Hall–Kier alpha value is -3.43. The number of carbonyl (C=O) groups excluding carboxylic acids is 1. The molecular formula is C19H25N7O3. The van der Waals surface area contributed by atoms with Gasteiger partial charge >= 0.3 is 0 Å². The molecule has 0 atom stereocenters. The SMILES string of the molecule is COc1ccc2cc(C(=O)NC3CCN(c4nnnn4C)CC3)cnc2c1OC.[HH]. The zero-order chi connectivity index (χ0) is 20.4. The van der Waals surface area contributed by atoms with Crippen LogP contribution in [-0.4, -0.2) is 64.4 Å². The van der Waals surface area contributed by atoms with E-state index in [1.54, 1.807) is 25.1 Å². The molecule has 10 heteroatoms. The van der Waals surface area contributed by atoms with Crippen LogP contribution >= 0.6 is 0 Å². The van der Waals surface area contributed by atoms with E-state index in [9.17, 15) is 4.79 Å². The maximum atomic E-state index is 12.7. The van der Waals surface area contributed by atoms with Gasteiger partial charge in [-0.2, -0.15) is 0 Å². The van der Waals surface area contributed by atoms with Crippen molar-refractivity contribution in [2.24, 2.45) is 7.05 Å². The number of aromatic nitrogens is 5. The summed E-state index contributed by atoms with van der Waals surface area (Å²) < 4.78 is 12.4. The Morgan fingerprint density at radius 2 is 2.03 bits per heavy atom. The fraction of sp³-hybridized carbons (Fsp3) is 0.421. The van der Waals surface area contributed by atoms with Crippen LogP contribution in [0.5, 0.6) is 11.5 Å². The van der Waals surface area contributed by atoms with E-state index in [-0.39, 0.29) is 13.4 Å². The lowest BCUT2D eigenvalue weighted by Gasteiger charge is -2.32. The number of amides is 1. The van der Waals surface area contributed by atoms with Crippen molar-refractivity contribution in [2.45, 2.75) is 18.9 Å². The summed E-state index contributed by atoms with van der Waals surface area (Å²) in [6, 6.07) is 5.59. The van der Waals surface area contributed by atoms with E-state index in [1.165, 1.54) is 0 Å². The van der Waals surface area contributed by atoms with Gasteiger partial charge < -0.3 is 19.7 Å². The summed E-state index contributed by atoms with van der Waals surface area (Å²) in [6.45, 7) is 1.57. The lowest BCUT2D eigenvalue weighted by atomic mass is 10.0. The number of methoxy groups -OCH3 is 2. The maximum absolute atomic E-state index is 12.7. The third-order valence-electron chi connectivity index (χ3n) is 5.17. The Balaban J connectivity index is 0.00000256. The molecule has 2 aromatic heterocycles. The molecule has 29 heavy (non-hydrogen) atoms. The molecule has 3 heterocycles. The molecule has 10 nitrogen and oxygen atoms in total. The van der Waals surface area contributed by atoms with Gasteiger partial charge in [-0.1, -0.05) is 5.10 Å². The highest BCUT2D eigenvalue weighted by Gasteiger charge is 2.24. The minimum Gasteiger partial charge on any atom is -0.493 e. The van der Waals surface area contributed by atoms with Crippen molar-refractivity contribution in [3.05, 3.63) is 30.0 Å². The summed E-state index contributed by atoms with van der Waals surface area (Å²) in [4.78, 5) is 19.3. The number of nitrogens with one attached hydrogen (secondary N) is 1. The number of ether oxygens (including phenoxy) is 2. The van der Waals surface area contributed by atoms with Gasteiger partial charge in [0, 0.05) is 39.2 Å². The van der Waals surface area contributed by atoms with Gasteiger partial charge in [-0.25, -0.2) is 4.68 Å². The van der Waals surface area contributed by atoms with Gasteiger partial charge in [0.05, 0.1) is 19.8 Å². The zero-order valence-corrected chi connectivity index (χ0v) is 16.6. The minimum atomic E-state index is -0.132. The lowest BCUT2D eigenvalue weighted by molar-refractivity contribution is 0.0931. The van der Waals surface area contributed by atoms with Crippen molar-refractivity contribution < 1.29 is 15.7 Å². The van der Waals surface area contributed by atoms with Gasteiger partial charge in [0.2, 0.25) is 5.95 Å². The van der Waals surface area contributed by atoms with Crippen molar-refractivity contribution in [2.75, 3.05) is 32.2 Å². The van der Waals surface area contributed by atoms with Crippen LogP contribution in [0.2, 0.25) is 0 Å². The first-order valence-corrected chi connectivity index (χ1v) is 9.39. The first kappa shape index (κ1) is 18.9. The van der Waals surface area contributed by atoms with Crippen LogP contribution in [0.15, 0.2) is 24.4 Å². The molecule has 1 N–H and O–H groups in total. The number of aryl methyl sites for hydroxylation is 1. The predicted molar refractivity (Wildman–Crippen MR) is 108 cm³/mol. The van der Waals surface area contributed by atoms with E-state index in [2.05, 4.69) is 30.7 Å². The summed E-state index contributed by atoms with van der Waals surface area (Å²) in [7, 11) is 4.97. The smallest absolute Gasteiger partial charge is 0.253 e. The molecule has 0 spiro atoms. The molecule has 0 bridgehead atoms. The Labute approximate surface area is 169 Å². The average molecular weight is 399 g/mol. The van der Waals surface area contributed by atoms with E-state index >= 15 is 0 Å². The number of pyridine rings is 1. The third kappa shape index (κ3) is 3.65. The van der Waals surface area contributed by atoms with Crippen LogP contribution in [0.3, 0.4) is 0 Å². The molecule has 0 aliphatic carbocycles. The quantitative estimate of drug-likeness (QED) is 0.686. The number of tetrazole rings is 1. The van der Waals surface area contributed by atoms with Gasteiger partial charge in [-0.05, 0) is 41.5 Å². The summed E-state index contributed by atoms with van der Waals surface area (Å²) in [6.07, 6.45) is 3.22. The van der Waals surface area contributed by atoms with Crippen LogP contribution in [0.1, 0.15) is 24.6 Å². The molecule has 4 rings (SSSR count). The highest BCUT2D eigenvalue weighted by Crippen LogP contribution is 2.34. The molecule has 0 saturated carbocycles. The van der Waals surface area contributed by atoms with E-state index in [4.69, 9.17) is 9.47 Å². The number of fused-ring (bicyclic) bond motifs is 1. The fourth-order valence-electron chi connectivity index (χ4n) is 3.62. The first-order valence-electron chi connectivity index (χ1n) is 9.39. The molecule has 0 unspecified atom stereocenters. The van der Waals surface area contributed by atoms with Gasteiger partial charge in [0.25, 0.3) is 5.91 Å². The summed E-state index contributed by atoms with van der Waals surface area (Å²) >= 11 is 0. The normalized spacial score (nSPS) is 14.8. The van der Waals surface area contributed by atoms with Crippen molar-refractivity contribution in [1.29, 1.82) is 0 Å². The van der Waals surface area contributed by atoms with Crippen molar-refractivity contribution in [3.63, 3.8) is 0 Å². The molecule has 1 fully saturated rings. The van der Waals surface area contributed by atoms with Gasteiger partial charge in [-0.15, -0.1) is 0 Å². The van der Waals surface area contributed by atoms with Crippen molar-refractivity contribution >= 4 is 22.8 Å². The van der Waals surface area contributed by atoms with Crippen molar-refractivity contribution in [3.8, 4) is 11.5 Å². The molecule has 154 valence electrons. The number of benzene rings is 1. The second-order valence-electron chi connectivity index (χ2n) is 6.93. The highest BCUT2D eigenvalue weighted by molar-refractivity contribution is 5.98. The predicted octanol–water partition coefficient (Wildman–Crippen LogP) is 1.42. The minimum absolute atomic E-state index is 0. The van der Waals surface area contributed by atoms with Gasteiger partial charge in [0.15, 0.2) is 11.5 Å². The average Bonchev–Trinajstić information content (AvgIpc) is 3.18. The highest BCUT2D eigenvalue weighted by atomic mass is 16.5.